The fourth-order valence-electron chi connectivity index (χ4n) is 5.29. The second-order valence-corrected chi connectivity index (χ2v) is 11.8. The highest BCUT2D eigenvalue weighted by molar-refractivity contribution is 5.90. The van der Waals surface area contributed by atoms with Gasteiger partial charge in [-0.05, 0) is 87.1 Å². The molecule has 2 fully saturated rings. The first-order chi connectivity index (χ1) is 25.2. The summed E-state index contributed by atoms with van der Waals surface area (Å²) in [7, 11) is 0. The van der Waals surface area contributed by atoms with Crippen LogP contribution in [0.1, 0.15) is 72.1 Å². The first kappa shape index (κ1) is 39.4. The fourth-order valence-corrected chi connectivity index (χ4v) is 5.29. The van der Waals surface area contributed by atoms with E-state index < -0.39 is 60.2 Å². The van der Waals surface area contributed by atoms with E-state index in [2.05, 4.69) is 13.2 Å². The molecule has 2 aliphatic heterocycles. The SMILES string of the molecule is C=CC(=O)OCCCCCC(=O)Oc1ccc(C(=O)O[C@@H]2CO[C@H]3[C@@H]2OC[C@H]3OC(=O)c2ccc(OC(=O)CCCCCOC(=O)C=C)cc2)cc1. The van der Waals surface area contributed by atoms with Crippen molar-refractivity contribution in [3.05, 3.63) is 85.0 Å². The predicted octanol–water partition coefficient (Wildman–Crippen LogP) is 4.63. The minimum atomic E-state index is -0.734. The Balaban J connectivity index is 1.14. The van der Waals surface area contributed by atoms with Gasteiger partial charge < -0.3 is 37.9 Å². The van der Waals surface area contributed by atoms with E-state index in [4.69, 9.17) is 37.9 Å². The van der Waals surface area contributed by atoms with E-state index in [0.29, 0.717) is 38.5 Å². The average molecular weight is 723 g/mol. The topological polar surface area (TPSA) is 176 Å². The summed E-state index contributed by atoms with van der Waals surface area (Å²) < 4.78 is 43.3. The van der Waals surface area contributed by atoms with Crippen LogP contribution in [0.5, 0.6) is 11.5 Å². The van der Waals surface area contributed by atoms with Gasteiger partial charge in [0.15, 0.2) is 12.2 Å². The quantitative estimate of drug-likeness (QED) is 0.0608. The number of esters is 6. The minimum absolute atomic E-state index is 0.0460. The monoisotopic (exact) mass is 722 g/mol. The molecule has 0 aromatic heterocycles. The van der Waals surface area contributed by atoms with Gasteiger partial charge in [-0.25, -0.2) is 19.2 Å². The number of rotatable bonds is 20. The standard InChI is InChI=1S/C38H42O14/c1-3-31(39)45-21-9-5-7-11-33(41)49-27-17-13-25(14-18-27)37(43)51-29-23-47-36-30(24-48-35(29)36)52-38(44)26-15-19-28(20-16-26)50-34(42)12-8-6-10-22-46-32(40)4-2/h3-4,13-20,29-30,35-36H,1-2,5-12,21-24H2/t29-,30-,35-,36-/m1/s1. The van der Waals surface area contributed by atoms with Crippen LogP contribution in [0.2, 0.25) is 0 Å². The first-order valence-electron chi connectivity index (χ1n) is 17.0. The van der Waals surface area contributed by atoms with Crippen LogP contribution >= 0.6 is 0 Å². The van der Waals surface area contributed by atoms with Crippen molar-refractivity contribution in [2.24, 2.45) is 0 Å². The third-order valence-electron chi connectivity index (χ3n) is 8.00. The van der Waals surface area contributed by atoms with Crippen molar-refractivity contribution in [2.45, 2.75) is 75.8 Å². The van der Waals surface area contributed by atoms with Crippen molar-refractivity contribution in [3.8, 4) is 11.5 Å². The van der Waals surface area contributed by atoms with Gasteiger partial charge in [-0.15, -0.1) is 0 Å². The molecule has 0 bridgehead atoms. The van der Waals surface area contributed by atoms with E-state index in [9.17, 15) is 28.8 Å². The number of benzene rings is 2. The summed E-state index contributed by atoms with van der Waals surface area (Å²) in [6.07, 6.45) is 3.55. The molecule has 0 spiro atoms. The number of fused-ring (bicyclic) bond motifs is 1. The number of carbonyl (C=O) groups excluding carboxylic acids is 6. The highest BCUT2D eigenvalue weighted by atomic mass is 16.7. The van der Waals surface area contributed by atoms with Crippen LogP contribution in [0, 0.1) is 0 Å². The van der Waals surface area contributed by atoms with Crippen LogP contribution in [0.15, 0.2) is 73.8 Å². The maximum absolute atomic E-state index is 12.9. The first-order valence-corrected chi connectivity index (χ1v) is 17.0. The maximum Gasteiger partial charge on any atom is 0.338 e. The largest absolute Gasteiger partial charge is 0.463 e. The smallest absolute Gasteiger partial charge is 0.338 e. The van der Waals surface area contributed by atoms with Crippen LogP contribution < -0.4 is 9.47 Å². The number of unbranched alkanes of at least 4 members (excludes halogenated alkanes) is 4. The molecule has 0 saturated carbocycles. The van der Waals surface area contributed by atoms with Gasteiger partial charge in [-0.2, -0.15) is 0 Å². The molecule has 4 rings (SSSR count). The Morgan fingerprint density at radius 3 is 1.33 bits per heavy atom. The molecule has 14 heteroatoms. The Kier molecular flexibility index (Phi) is 15.5. The summed E-state index contributed by atoms with van der Waals surface area (Å²) in [5.74, 6) is -2.51. The van der Waals surface area contributed by atoms with Crippen LogP contribution in [0.25, 0.3) is 0 Å². The summed E-state index contributed by atoms with van der Waals surface area (Å²) in [5.41, 5.74) is 0.465. The lowest BCUT2D eigenvalue weighted by Crippen LogP contribution is -2.36. The molecule has 2 aromatic rings. The van der Waals surface area contributed by atoms with E-state index in [1.165, 1.54) is 48.5 Å². The molecule has 2 aliphatic rings. The summed E-state index contributed by atoms with van der Waals surface area (Å²) in [6.45, 7) is 7.26. The van der Waals surface area contributed by atoms with Crippen LogP contribution in [0.4, 0.5) is 0 Å². The van der Waals surface area contributed by atoms with Gasteiger partial charge in [0.1, 0.15) is 23.7 Å². The lowest BCUT2D eigenvalue weighted by Gasteiger charge is -2.17. The molecule has 14 nitrogen and oxygen atoms in total. The molecule has 0 radical (unpaired) electrons. The Labute approximate surface area is 300 Å². The molecule has 0 unspecified atom stereocenters. The highest BCUT2D eigenvalue weighted by Gasteiger charge is 2.51. The van der Waals surface area contributed by atoms with Crippen LogP contribution in [-0.4, -0.2) is 86.7 Å². The zero-order chi connectivity index (χ0) is 37.3. The van der Waals surface area contributed by atoms with Crippen molar-refractivity contribution in [2.75, 3.05) is 26.4 Å². The normalized spacial score (nSPS) is 18.7. The van der Waals surface area contributed by atoms with Crippen LogP contribution in [-0.2, 0) is 47.6 Å². The fraction of sp³-hybridized carbons (Fsp3) is 0.421. The maximum atomic E-state index is 12.9. The van der Waals surface area contributed by atoms with Gasteiger partial charge in [-0.3, -0.25) is 9.59 Å². The summed E-state index contributed by atoms with van der Waals surface area (Å²) >= 11 is 0. The Morgan fingerprint density at radius 2 is 0.962 bits per heavy atom. The van der Waals surface area contributed by atoms with E-state index in [1.54, 1.807) is 0 Å². The predicted molar refractivity (Wildman–Crippen MR) is 181 cm³/mol. The lowest BCUT2D eigenvalue weighted by atomic mass is 10.1. The van der Waals surface area contributed by atoms with E-state index in [1.807, 2.05) is 0 Å². The summed E-state index contributed by atoms with van der Waals surface area (Å²) in [6, 6.07) is 11.9. The molecule has 0 amide bonds. The summed E-state index contributed by atoms with van der Waals surface area (Å²) in [5, 5.41) is 0. The van der Waals surface area contributed by atoms with Crippen molar-refractivity contribution < 1.29 is 66.7 Å². The molecule has 4 atom stereocenters. The third-order valence-corrected chi connectivity index (χ3v) is 8.00. The van der Waals surface area contributed by atoms with E-state index in [-0.39, 0.29) is 61.9 Å². The Bertz CT molecular complexity index is 1450. The van der Waals surface area contributed by atoms with E-state index in [0.717, 1.165) is 12.2 Å². The molecular weight excluding hydrogens is 680 g/mol. The molecule has 2 aromatic carbocycles. The number of hydrogen-bond acceptors (Lipinski definition) is 14. The molecule has 2 saturated heterocycles. The molecule has 0 N–H and O–H groups in total. The van der Waals surface area contributed by atoms with Crippen molar-refractivity contribution >= 4 is 35.8 Å². The number of ether oxygens (including phenoxy) is 8. The Hall–Kier alpha value is -5.34. The Morgan fingerprint density at radius 1 is 0.577 bits per heavy atom. The van der Waals surface area contributed by atoms with Crippen molar-refractivity contribution in [1.29, 1.82) is 0 Å². The molecule has 52 heavy (non-hydrogen) atoms. The zero-order valence-electron chi connectivity index (χ0n) is 28.7. The van der Waals surface area contributed by atoms with Crippen molar-refractivity contribution in [3.63, 3.8) is 0 Å². The average Bonchev–Trinajstić information content (AvgIpc) is 3.74. The van der Waals surface area contributed by atoms with Gasteiger partial charge in [0.05, 0.1) is 37.6 Å². The minimum Gasteiger partial charge on any atom is -0.463 e. The molecule has 2 heterocycles. The third kappa shape index (κ3) is 12.5. The van der Waals surface area contributed by atoms with Gasteiger partial charge >= 0.3 is 35.8 Å². The molecular formula is C38H42O14. The van der Waals surface area contributed by atoms with E-state index >= 15 is 0 Å². The molecule has 278 valence electrons. The number of carbonyl (C=O) groups is 6. The highest BCUT2D eigenvalue weighted by Crippen LogP contribution is 2.32. The lowest BCUT2D eigenvalue weighted by molar-refractivity contribution is -0.138. The van der Waals surface area contributed by atoms with Gasteiger partial charge in [0.2, 0.25) is 0 Å². The number of hydrogen-bond donors (Lipinski definition) is 0. The summed E-state index contributed by atoms with van der Waals surface area (Å²) in [4.78, 5) is 72.1. The molecule has 0 aliphatic carbocycles. The van der Waals surface area contributed by atoms with Crippen molar-refractivity contribution in [1.82, 2.24) is 0 Å². The van der Waals surface area contributed by atoms with Crippen LogP contribution in [0.3, 0.4) is 0 Å². The van der Waals surface area contributed by atoms with Gasteiger partial charge in [0, 0.05) is 25.0 Å². The van der Waals surface area contributed by atoms with Gasteiger partial charge in [-0.1, -0.05) is 13.2 Å². The second-order valence-electron chi connectivity index (χ2n) is 11.8. The van der Waals surface area contributed by atoms with Gasteiger partial charge in [0.25, 0.3) is 0 Å². The zero-order valence-corrected chi connectivity index (χ0v) is 28.7. The second kappa shape index (κ2) is 20.5.